The summed E-state index contributed by atoms with van der Waals surface area (Å²) < 4.78 is 0. The van der Waals surface area contributed by atoms with Crippen molar-refractivity contribution in [3.63, 3.8) is 0 Å². The molecule has 82 valence electrons. The number of anilines is 1. The van der Waals surface area contributed by atoms with Gasteiger partial charge in [0.05, 0.1) is 6.34 Å². The summed E-state index contributed by atoms with van der Waals surface area (Å²) in [5.74, 6) is -0.225. The minimum absolute atomic E-state index is 0.225. The van der Waals surface area contributed by atoms with Gasteiger partial charge in [0.15, 0.2) is 0 Å². The van der Waals surface area contributed by atoms with Gasteiger partial charge in [0.25, 0.3) is 5.91 Å². The molecule has 0 fully saturated rings. The largest absolute Gasteiger partial charge is 0.378 e. The van der Waals surface area contributed by atoms with Crippen LogP contribution in [0.1, 0.15) is 5.56 Å². The van der Waals surface area contributed by atoms with Crippen LogP contribution in [0.25, 0.3) is 6.08 Å². The zero-order chi connectivity index (χ0) is 11.5. The van der Waals surface area contributed by atoms with E-state index >= 15 is 0 Å². The van der Waals surface area contributed by atoms with E-state index in [0.717, 1.165) is 11.3 Å². The Hall–Kier alpha value is -2.10. The van der Waals surface area contributed by atoms with Crippen molar-refractivity contribution < 1.29 is 4.79 Å². The van der Waals surface area contributed by atoms with E-state index < -0.39 is 0 Å². The Morgan fingerprint density at radius 2 is 1.94 bits per heavy atom. The SMILES string of the molecule is CN(C)c1ccc(C=C2NC=NC2=O)cc1. The van der Waals surface area contributed by atoms with Gasteiger partial charge in [-0.3, -0.25) is 4.79 Å². The van der Waals surface area contributed by atoms with E-state index in [1.54, 1.807) is 6.08 Å². The number of benzene rings is 1. The Bertz CT molecular complexity index is 458. The Labute approximate surface area is 94.3 Å². The lowest BCUT2D eigenvalue weighted by atomic mass is 10.1. The molecule has 0 bridgehead atoms. The third kappa shape index (κ3) is 2.11. The number of nitrogens with zero attached hydrogens (tertiary/aromatic N) is 2. The quantitative estimate of drug-likeness (QED) is 0.755. The van der Waals surface area contributed by atoms with Crippen LogP contribution in [0.5, 0.6) is 0 Å². The number of carbonyl (C=O) groups is 1. The molecule has 1 amide bonds. The summed E-state index contributed by atoms with van der Waals surface area (Å²) in [6.45, 7) is 0. The summed E-state index contributed by atoms with van der Waals surface area (Å²) >= 11 is 0. The van der Waals surface area contributed by atoms with Crippen molar-refractivity contribution in [2.75, 3.05) is 19.0 Å². The highest BCUT2D eigenvalue weighted by molar-refractivity contribution is 6.07. The molecule has 1 heterocycles. The average molecular weight is 215 g/mol. The summed E-state index contributed by atoms with van der Waals surface area (Å²) in [5.41, 5.74) is 2.62. The molecule has 0 radical (unpaired) electrons. The van der Waals surface area contributed by atoms with Gasteiger partial charge in [0.1, 0.15) is 5.70 Å². The van der Waals surface area contributed by atoms with Crippen LogP contribution in [-0.2, 0) is 4.79 Å². The Balaban J connectivity index is 2.20. The van der Waals surface area contributed by atoms with Crippen LogP contribution in [-0.4, -0.2) is 26.3 Å². The summed E-state index contributed by atoms with van der Waals surface area (Å²) in [6, 6.07) is 7.95. The average Bonchev–Trinajstić information content (AvgIpc) is 2.65. The molecular weight excluding hydrogens is 202 g/mol. The van der Waals surface area contributed by atoms with Gasteiger partial charge in [-0.05, 0) is 23.8 Å². The second-order valence-electron chi connectivity index (χ2n) is 3.75. The van der Waals surface area contributed by atoms with Crippen LogP contribution in [0.2, 0.25) is 0 Å². The first kappa shape index (κ1) is 10.4. The van der Waals surface area contributed by atoms with E-state index in [-0.39, 0.29) is 5.91 Å². The molecule has 0 aliphatic carbocycles. The predicted molar refractivity (Wildman–Crippen MR) is 65.4 cm³/mol. The number of nitrogens with one attached hydrogen (secondary N) is 1. The molecule has 0 atom stereocenters. The molecule has 1 aliphatic rings. The standard InChI is InChI=1S/C12H13N3O/c1-15(2)10-5-3-9(4-6-10)7-11-12(16)14-8-13-11/h3-8H,1-2H3,(H,13,14,16). The molecule has 0 saturated carbocycles. The van der Waals surface area contributed by atoms with Crippen molar-refractivity contribution in [2.24, 2.45) is 4.99 Å². The second-order valence-corrected chi connectivity index (χ2v) is 3.75. The summed E-state index contributed by atoms with van der Waals surface area (Å²) in [6.07, 6.45) is 3.19. The molecule has 0 spiro atoms. The van der Waals surface area contributed by atoms with E-state index in [1.165, 1.54) is 6.34 Å². The second kappa shape index (κ2) is 4.18. The van der Waals surface area contributed by atoms with E-state index in [9.17, 15) is 4.79 Å². The number of aliphatic imine (C=N–C) groups is 1. The van der Waals surface area contributed by atoms with Crippen LogP contribution in [0.4, 0.5) is 5.69 Å². The monoisotopic (exact) mass is 215 g/mol. The maximum Gasteiger partial charge on any atom is 0.294 e. The van der Waals surface area contributed by atoms with Crippen LogP contribution < -0.4 is 10.2 Å². The maximum atomic E-state index is 11.2. The molecule has 1 N–H and O–H groups in total. The van der Waals surface area contributed by atoms with Gasteiger partial charge < -0.3 is 10.2 Å². The molecule has 4 nitrogen and oxygen atoms in total. The fourth-order valence-corrected chi connectivity index (χ4v) is 1.43. The fourth-order valence-electron chi connectivity index (χ4n) is 1.43. The van der Waals surface area contributed by atoms with Crippen molar-refractivity contribution in [3.05, 3.63) is 35.5 Å². The van der Waals surface area contributed by atoms with Crippen molar-refractivity contribution in [1.82, 2.24) is 5.32 Å². The smallest absolute Gasteiger partial charge is 0.294 e. The zero-order valence-electron chi connectivity index (χ0n) is 9.27. The minimum atomic E-state index is -0.225. The Morgan fingerprint density at radius 1 is 1.25 bits per heavy atom. The van der Waals surface area contributed by atoms with Crippen LogP contribution >= 0.6 is 0 Å². The third-order valence-electron chi connectivity index (χ3n) is 2.35. The lowest BCUT2D eigenvalue weighted by Gasteiger charge is -2.11. The number of amides is 1. The molecule has 1 aliphatic heterocycles. The number of hydrogen-bond donors (Lipinski definition) is 1. The van der Waals surface area contributed by atoms with Gasteiger partial charge in [-0.1, -0.05) is 12.1 Å². The number of rotatable bonds is 2. The molecule has 2 rings (SSSR count). The molecule has 16 heavy (non-hydrogen) atoms. The third-order valence-corrected chi connectivity index (χ3v) is 2.35. The fraction of sp³-hybridized carbons (Fsp3) is 0.167. The normalized spacial score (nSPS) is 16.6. The van der Waals surface area contributed by atoms with Crippen LogP contribution in [0.15, 0.2) is 35.0 Å². The Morgan fingerprint density at radius 3 is 2.44 bits per heavy atom. The molecule has 0 aromatic heterocycles. The first-order valence-corrected chi connectivity index (χ1v) is 4.99. The molecule has 0 saturated heterocycles. The molecule has 0 unspecified atom stereocenters. The van der Waals surface area contributed by atoms with E-state index in [1.807, 2.05) is 43.3 Å². The van der Waals surface area contributed by atoms with Gasteiger partial charge in [0.2, 0.25) is 0 Å². The van der Waals surface area contributed by atoms with E-state index in [2.05, 4.69) is 10.3 Å². The highest BCUT2D eigenvalue weighted by Gasteiger charge is 2.11. The van der Waals surface area contributed by atoms with Crippen molar-refractivity contribution in [1.29, 1.82) is 0 Å². The van der Waals surface area contributed by atoms with Crippen LogP contribution in [0.3, 0.4) is 0 Å². The maximum absolute atomic E-state index is 11.2. The highest BCUT2D eigenvalue weighted by atomic mass is 16.1. The number of hydrogen-bond acceptors (Lipinski definition) is 3. The van der Waals surface area contributed by atoms with Gasteiger partial charge in [-0.25, -0.2) is 0 Å². The van der Waals surface area contributed by atoms with Crippen LogP contribution in [0, 0.1) is 0 Å². The lowest BCUT2D eigenvalue weighted by molar-refractivity contribution is -0.114. The molecular formula is C12H13N3O. The predicted octanol–water partition coefficient (Wildman–Crippen LogP) is 1.25. The highest BCUT2D eigenvalue weighted by Crippen LogP contribution is 2.14. The first-order chi connectivity index (χ1) is 7.66. The molecule has 1 aromatic carbocycles. The van der Waals surface area contributed by atoms with E-state index in [0.29, 0.717) is 5.70 Å². The van der Waals surface area contributed by atoms with Crippen molar-refractivity contribution in [3.8, 4) is 0 Å². The topological polar surface area (TPSA) is 44.7 Å². The molecule has 4 heteroatoms. The van der Waals surface area contributed by atoms with Gasteiger partial charge in [-0.2, -0.15) is 4.99 Å². The van der Waals surface area contributed by atoms with Crippen molar-refractivity contribution >= 4 is 24.0 Å². The molecule has 1 aromatic rings. The lowest BCUT2D eigenvalue weighted by Crippen LogP contribution is -2.08. The first-order valence-electron chi connectivity index (χ1n) is 4.99. The van der Waals surface area contributed by atoms with Gasteiger partial charge >= 0.3 is 0 Å². The summed E-state index contributed by atoms with van der Waals surface area (Å²) in [4.78, 5) is 16.9. The van der Waals surface area contributed by atoms with Crippen molar-refractivity contribution in [2.45, 2.75) is 0 Å². The zero-order valence-corrected chi connectivity index (χ0v) is 9.27. The summed E-state index contributed by atoms with van der Waals surface area (Å²) in [5, 5.41) is 2.80. The minimum Gasteiger partial charge on any atom is -0.378 e. The van der Waals surface area contributed by atoms with Gasteiger partial charge in [0, 0.05) is 19.8 Å². The van der Waals surface area contributed by atoms with E-state index in [4.69, 9.17) is 0 Å². The number of carbonyl (C=O) groups excluding carboxylic acids is 1. The Kier molecular flexibility index (Phi) is 2.72. The van der Waals surface area contributed by atoms with Gasteiger partial charge in [-0.15, -0.1) is 0 Å². The summed E-state index contributed by atoms with van der Waals surface area (Å²) in [7, 11) is 3.98.